The van der Waals surface area contributed by atoms with Crippen LogP contribution in [0.3, 0.4) is 0 Å². The molecule has 0 aliphatic heterocycles. The zero-order valence-electron chi connectivity index (χ0n) is 18.4. The van der Waals surface area contributed by atoms with E-state index in [2.05, 4.69) is 51.9 Å². The summed E-state index contributed by atoms with van der Waals surface area (Å²) >= 11 is 0. The lowest BCUT2D eigenvalue weighted by Crippen LogP contribution is -2.39. The summed E-state index contributed by atoms with van der Waals surface area (Å²) in [7, 11) is 7.74. The van der Waals surface area contributed by atoms with Crippen molar-refractivity contribution in [2.75, 3.05) is 27.7 Å². The molecular weight excluding hydrogens is 376 g/mol. The number of hydrogen-bond donors (Lipinski definition) is 1. The Bertz CT molecular complexity index is 1270. The number of aromatic nitrogens is 2. The minimum atomic E-state index is -0.147. The Kier molecular flexibility index (Phi) is 5.12. The summed E-state index contributed by atoms with van der Waals surface area (Å²) in [5.41, 5.74) is 3.88. The smallest absolute Gasteiger partial charge is 0.270 e. The summed E-state index contributed by atoms with van der Waals surface area (Å²) in [6, 6.07) is 10.2. The summed E-state index contributed by atoms with van der Waals surface area (Å²) in [4.78, 5) is 19.6. The molecule has 0 fully saturated rings. The molecule has 156 valence electrons. The largest absolute Gasteiger partial charge is 0.497 e. The number of likely N-dealkylation sites (N-methyl/N-ethyl adjacent to an activating group) is 1. The third kappa shape index (κ3) is 3.27. The molecule has 0 bridgehead atoms. The molecule has 1 atom stereocenters. The number of carbonyl (C=O) groups excluding carboxylic acids is 1. The fourth-order valence-corrected chi connectivity index (χ4v) is 4.46. The highest BCUT2D eigenvalue weighted by molar-refractivity contribution is 6.17. The van der Waals surface area contributed by atoms with Crippen LogP contribution in [0.15, 0.2) is 36.5 Å². The van der Waals surface area contributed by atoms with Crippen molar-refractivity contribution < 1.29 is 9.53 Å². The number of nitrogens with zero attached hydrogens (tertiary/aromatic N) is 3. The SMILES string of the molecule is COc1ccc2c(c1)c1cc3c(C(=O)NC(C)CN(C)C)nccc3c(C)c1n2C. The average molecular weight is 405 g/mol. The first-order valence-electron chi connectivity index (χ1n) is 10.1. The minimum Gasteiger partial charge on any atom is -0.497 e. The molecule has 6 nitrogen and oxygen atoms in total. The number of benzene rings is 2. The molecule has 0 spiro atoms. The van der Waals surface area contributed by atoms with Crippen molar-refractivity contribution in [1.82, 2.24) is 19.8 Å². The average Bonchev–Trinajstić information content (AvgIpc) is 2.98. The van der Waals surface area contributed by atoms with Gasteiger partial charge in [-0.2, -0.15) is 0 Å². The van der Waals surface area contributed by atoms with Crippen molar-refractivity contribution in [3.05, 3.63) is 47.8 Å². The molecule has 2 aromatic carbocycles. The van der Waals surface area contributed by atoms with Crippen molar-refractivity contribution in [2.45, 2.75) is 19.9 Å². The van der Waals surface area contributed by atoms with Gasteiger partial charge in [0.25, 0.3) is 5.91 Å². The van der Waals surface area contributed by atoms with Gasteiger partial charge in [0.2, 0.25) is 0 Å². The minimum absolute atomic E-state index is 0.0243. The Hall–Kier alpha value is -3.12. The molecule has 0 aliphatic carbocycles. The van der Waals surface area contributed by atoms with E-state index in [1.54, 1.807) is 13.3 Å². The second-order valence-electron chi connectivity index (χ2n) is 8.23. The zero-order chi connectivity index (χ0) is 21.6. The number of rotatable bonds is 5. The first-order valence-corrected chi connectivity index (χ1v) is 10.1. The molecule has 30 heavy (non-hydrogen) atoms. The molecule has 1 unspecified atom stereocenters. The van der Waals surface area contributed by atoms with Crippen LogP contribution in [-0.4, -0.2) is 54.1 Å². The van der Waals surface area contributed by atoms with Crippen LogP contribution in [0.5, 0.6) is 5.75 Å². The van der Waals surface area contributed by atoms with Gasteiger partial charge in [0.05, 0.1) is 12.6 Å². The molecule has 1 N–H and O–H groups in total. The number of pyridine rings is 1. The molecule has 6 heteroatoms. The molecule has 0 saturated carbocycles. The zero-order valence-corrected chi connectivity index (χ0v) is 18.4. The number of amides is 1. The standard InChI is InChI=1S/C24H28N4O2/c1-14(13-27(3)4)26-24(29)22-19-12-20-18-11-16(30-6)7-8-21(18)28(5)23(20)15(2)17(19)9-10-25-22/h7-12,14H,13H2,1-6H3,(H,26,29). The summed E-state index contributed by atoms with van der Waals surface area (Å²) in [6.07, 6.45) is 1.72. The van der Waals surface area contributed by atoms with Gasteiger partial charge in [-0.3, -0.25) is 9.78 Å². The fraction of sp³-hybridized carbons (Fsp3) is 0.333. The summed E-state index contributed by atoms with van der Waals surface area (Å²) in [5.74, 6) is 0.668. The predicted octanol–water partition coefficient (Wildman–Crippen LogP) is 3.88. The lowest BCUT2D eigenvalue weighted by Gasteiger charge is -2.18. The van der Waals surface area contributed by atoms with Crippen molar-refractivity contribution in [3.63, 3.8) is 0 Å². The van der Waals surface area contributed by atoms with Crippen LogP contribution in [0.2, 0.25) is 0 Å². The van der Waals surface area contributed by atoms with Crippen molar-refractivity contribution >= 4 is 38.5 Å². The van der Waals surface area contributed by atoms with Gasteiger partial charge < -0.3 is 19.5 Å². The van der Waals surface area contributed by atoms with Crippen LogP contribution in [-0.2, 0) is 7.05 Å². The Labute approximate surface area is 176 Å². The predicted molar refractivity (Wildman–Crippen MR) is 122 cm³/mol. The third-order valence-corrected chi connectivity index (χ3v) is 5.72. The van der Waals surface area contributed by atoms with Gasteiger partial charge in [0.1, 0.15) is 11.4 Å². The number of hydrogen-bond acceptors (Lipinski definition) is 4. The molecule has 2 aromatic heterocycles. The number of methoxy groups -OCH3 is 1. The molecule has 1 amide bonds. The monoisotopic (exact) mass is 404 g/mol. The van der Waals surface area contributed by atoms with E-state index in [1.807, 2.05) is 33.2 Å². The number of ether oxygens (including phenoxy) is 1. The molecule has 2 heterocycles. The molecule has 0 radical (unpaired) electrons. The number of aryl methyl sites for hydroxylation is 2. The maximum Gasteiger partial charge on any atom is 0.270 e. The quantitative estimate of drug-likeness (QED) is 0.548. The van der Waals surface area contributed by atoms with Crippen LogP contribution in [0.4, 0.5) is 0 Å². The van der Waals surface area contributed by atoms with Gasteiger partial charge >= 0.3 is 0 Å². The number of fused-ring (bicyclic) bond motifs is 4. The van der Waals surface area contributed by atoms with Crippen molar-refractivity contribution in [3.8, 4) is 5.75 Å². The first-order chi connectivity index (χ1) is 14.3. The topological polar surface area (TPSA) is 59.4 Å². The van der Waals surface area contributed by atoms with E-state index in [0.29, 0.717) is 5.69 Å². The van der Waals surface area contributed by atoms with Crippen LogP contribution in [0.25, 0.3) is 32.6 Å². The number of carbonyl (C=O) groups is 1. The van der Waals surface area contributed by atoms with Crippen LogP contribution >= 0.6 is 0 Å². The Balaban J connectivity index is 1.94. The van der Waals surface area contributed by atoms with Gasteiger partial charge in [-0.1, -0.05) is 0 Å². The molecule has 0 saturated heterocycles. The maximum atomic E-state index is 13.0. The molecule has 4 aromatic rings. The third-order valence-electron chi connectivity index (χ3n) is 5.72. The lowest BCUT2D eigenvalue weighted by molar-refractivity contribution is 0.0931. The van der Waals surface area contributed by atoms with E-state index in [0.717, 1.165) is 50.4 Å². The Morgan fingerprint density at radius 3 is 2.63 bits per heavy atom. The highest BCUT2D eigenvalue weighted by Crippen LogP contribution is 2.37. The number of nitrogens with one attached hydrogen (secondary N) is 1. The second-order valence-corrected chi connectivity index (χ2v) is 8.23. The Morgan fingerprint density at radius 1 is 1.17 bits per heavy atom. The molecular formula is C24H28N4O2. The van der Waals surface area contributed by atoms with Gasteiger partial charge in [-0.15, -0.1) is 0 Å². The van der Waals surface area contributed by atoms with E-state index in [-0.39, 0.29) is 11.9 Å². The van der Waals surface area contributed by atoms with Gasteiger partial charge in [0, 0.05) is 47.5 Å². The maximum absolute atomic E-state index is 13.0. The van der Waals surface area contributed by atoms with E-state index in [1.165, 1.54) is 0 Å². The van der Waals surface area contributed by atoms with Crippen LogP contribution in [0.1, 0.15) is 23.0 Å². The highest BCUT2D eigenvalue weighted by Gasteiger charge is 2.19. The second kappa shape index (κ2) is 7.61. The van der Waals surface area contributed by atoms with Gasteiger partial charge in [0.15, 0.2) is 0 Å². The molecule has 0 aliphatic rings. The van der Waals surface area contributed by atoms with Gasteiger partial charge in [-0.25, -0.2) is 0 Å². The van der Waals surface area contributed by atoms with Crippen LogP contribution in [0, 0.1) is 6.92 Å². The van der Waals surface area contributed by atoms with Gasteiger partial charge in [-0.05, 0) is 69.2 Å². The van der Waals surface area contributed by atoms with E-state index in [4.69, 9.17) is 4.74 Å². The summed E-state index contributed by atoms with van der Waals surface area (Å²) in [6.45, 7) is 4.88. The normalized spacial score (nSPS) is 12.8. The summed E-state index contributed by atoms with van der Waals surface area (Å²) < 4.78 is 7.65. The van der Waals surface area contributed by atoms with Crippen LogP contribution < -0.4 is 10.1 Å². The summed E-state index contributed by atoms with van der Waals surface area (Å²) in [5, 5.41) is 7.19. The molecule has 4 rings (SSSR count). The van der Waals surface area contributed by atoms with E-state index in [9.17, 15) is 4.79 Å². The highest BCUT2D eigenvalue weighted by atomic mass is 16.5. The lowest BCUT2D eigenvalue weighted by atomic mass is 10.00. The van der Waals surface area contributed by atoms with Crippen molar-refractivity contribution in [1.29, 1.82) is 0 Å². The van der Waals surface area contributed by atoms with Crippen molar-refractivity contribution in [2.24, 2.45) is 7.05 Å². The Morgan fingerprint density at radius 2 is 1.93 bits per heavy atom. The van der Waals surface area contributed by atoms with E-state index < -0.39 is 0 Å². The first kappa shape index (κ1) is 20.2. The fourth-order valence-electron chi connectivity index (χ4n) is 4.46. The van der Waals surface area contributed by atoms with E-state index >= 15 is 0 Å².